The van der Waals surface area contributed by atoms with Crippen molar-refractivity contribution in [3.63, 3.8) is 0 Å². The molecule has 0 spiro atoms. The number of esters is 1. The van der Waals surface area contributed by atoms with Gasteiger partial charge in [-0.25, -0.2) is 0 Å². The molecule has 1 atom stereocenters. The van der Waals surface area contributed by atoms with Gasteiger partial charge >= 0.3 is 5.97 Å². The first-order valence-corrected chi connectivity index (χ1v) is 5.37. The molecule has 0 amide bonds. The summed E-state index contributed by atoms with van der Waals surface area (Å²) in [5.74, 6) is 0.412. The van der Waals surface area contributed by atoms with Crippen LogP contribution < -0.4 is 4.74 Å². The van der Waals surface area contributed by atoms with Crippen LogP contribution in [0.5, 0.6) is 5.75 Å². The highest BCUT2D eigenvalue weighted by Crippen LogP contribution is 2.34. The van der Waals surface area contributed by atoms with E-state index in [2.05, 4.69) is 4.74 Å². The van der Waals surface area contributed by atoms with Crippen LogP contribution in [-0.4, -0.2) is 20.2 Å². The Balaban J connectivity index is 2.97. The van der Waals surface area contributed by atoms with Gasteiger partial charge in [0.1, 0.15) is 5.75 Å². The van der Waals surface area contributed by atoms with E-state index in [1.165, 1.54) is 7.11 Å². The normalized spacial score (nSPS) is 12.0. The zero-order chi connectivity index (χ0) is 12.1. The summed E-state index contributed by atoms with van der Waals surface area (Å²) in [5, 5.41) is 0.607. The number of carbonyl (C=O) groups is 1. The second-order valence-corrected chi connectivity index (χ2v) is 3.94. The molecule has 0 N–H and O–H groups in total. The van der Waals surface area contributed by atoms with Crippen LogP contribution in [0.4, 0.5) is 0 Å². The van der Waals surface area contributed by atoms with E-state index in [-0.39, 0.29) is 18.3 Å². The van der Waals surface area contributed by atoms with Crippen molar-refractivity contribution in [2.45, 2.75) is 19.3 Å². The van der Waals surface area contributed by atoms with E-state index in [0.717, 1.165) is 5.56 Å². The van der Waals surface area contributed by atoms with Crippen molar-refractivity contribution in [1.29, 1.82) is 0 Å². The van der Waals surface area contributed by atoms with E-state index in [4.69, 9.17) is 16.3 Å². The fraction of sp³-hybridized carbons (Fsp3) is 0.417. The van der Waals surface area contributed by atoms with Gasteiger partial charge in [0.05, 0.1) is 20.6 Å². The predicted molar refractivity (Wildman–Crippen MR) is 63.1 cm³/mol. The van der Waals surface area contributed by atoms with Gasteiger partial charge in [-0.05, 0) is 18.1 Å². The summed E-state index contributed by atoms with van der Waals surface area (Å²) in [4.78, 5) is 11.2. The van der Waals surface area contributed by atoms with E-state index in [1.54, 1.807) is 13.2 Å². The van der Waals surface area contributed by atoms with E-state index < -0.39 is 0 Å². The lowest BCUT2D eigenvalue weighted by Gasteiger charge is -2.16. The maximum absolute atomic E-state index is 11.2. The minimum atomic E-state index is -0.255. The van der Waals surface area contributed by atoms with Crippen molar-refractivity contribution >= 4 is 17.6 Å². The van der Waals surface area contributed by atoms with Crippen LogP contribution in [-0.2, 0) is 9.53 Å². The number of benzene rings is 1. The first-order valence-electron chi connectivity index (χ1n) is 4.99. The Labute approximate surface area is 100 Å². The number of carbonyl (C=O) groups excluding carboxylic acids is 1. The first-order chi connectivity index (χ1) is 7.60. The molecular formula is C12H15ClO3. The lowest BCUT2D eigenvalue weighted by molar-refractivity contribution is -0.140. The van der Waals surface area contributed by atoms with Gasteiger partial charge < -0.3 is 9.47 Å². The fourth-order valence-corrected chi connectivity index (χ4v) is 1.96. The molecular weight excluding hydrogens is 228 g/mol. The Kier molecular flexibility index (Phi) is 4.62. The van der Waals surface area contributed by atoms with Gasteiger partial charge in [-0.2, -0.15) is 0 Å². The van der Waals surface area contributed by atoms with Crippen molar-refractivity contribution in [2.75, 3.05) is 14.2 Å². The molecule has 4 heteroatoms. The number of ether oxygens (including phenoxy) is 2. The second-order valence-electron chi connectivity index (χ2n) is 3.54. The highest BCUT2D eigenvalue weighted by atomic mass is 35.5. The molecule has 0 saturated carbocycles. The Bertz CT molecular complexity index is 377. The van der Waals surface area contributed by atoms with E-state index in [9.17, 15) is 4.79 Å². The Morgan fingerprint density at radius 1 is 1.44 bits per heavy atom. The first kappa shape index (κ1) is 12.8. The molecule has 0 aliphatic rings. The SMILES string of the molecule is COC(=O)CC(C)c1c(Cl)cccc1OC. The summed E-state index contributed by atoms with van der Waals surface area (Å²) < 4.78 is 9.86. The average molecular weight is 243 g/mol. The van der Waals surface area contributed by atoms with Crippen LogP contribution in [0.2, 0.25) is 5.02 Å². The lowest BCUT2D eigenvalue weighted by atomic mass is 9.97. The van der Waals surface area contributed by atoms with Crippen molar-refractivity contribution in [3.8, 4) is 5.75 Å². The van der Waals surface area contributed by atoms with Crippen LogP contribution in [0, 0.1) is 0 Å². The maximum atomic E-state index is 11.2. The Hall–Kier alpha value is -1.22. The van der Waals surface area contributed by atoms with Gasteiger partial charge in [-0.15, -0.1) is 0 Å². The van der Waals surface area contributed by atoms with Gasteiger partial charge in [0.2, 0.25) is 0 Å². The minimum Gasteiger partial charge on any atom is -0.496 e. The van der Waals surface area contributed by atoms with E-state index in [0.29, 0.717) is 10.8 Å². The quantitative estimate of drug-likeness (QED) is 0.762. The molecule has 0 fully saturated rings. The standard InChI is InChI=1S/C12H15ClO3/c1-8(7-11(14)16-3)12-9(13)5-4-6-10(12)15-2/h4-6,8H,7H2,1-3H3. The maximum Gasteiger partial charge on any atom is 0.306 e. The van der Waals surface area contributed by atoms with E-state index in [1.807, 2.05) is 19.1 Å². The van der Waals surface area contributed by atoms with Gasteiger partial charge in [-0.3, -0.25) is 4.79 Å². The molecule has 0 saturated heterocycles. The third-order valence-electron chi connectivity index (χ3n) is 2.43. The van der Waals surface area contributed by atoms with Crippen molar-refractivity contribution in [2.24, 2.45) is 0 Å². The van der Waals surface area contributed by atoms with Crippen molar-refractivity contribution in [3.05, 3.63) is 28.8 Å². The summed E-state index contributed by atoms with van der Waals surface area (Å²) in [6.07, 6.45) is 0.288. The highest BCUT2D eigenvalue weighted by molar-refractivity contribution is 6.31. The third-order valence-corrected chi connectivity index (χ3v) is 2.76. The number of methoxy groups -OCH3 is 2. The Morgan fingerprint density at radius 2 is 2.12 bits per heavy atom. The predicted octanol–water partition coefficient (Wildman–Crippen LogP) is 3.02. The van der Waals surface area contributed by atoms with Crippen LogP contribution in [0.25, 0.3) is 0 Å². The largest absolute Gasteiger partial charge is 0.496 e. The molecule has 0 bridgehead atoms. The van der Waals surface area contributed by atoms with E-state index >= 15 is 0 Å². The number of rotatable bonds is 4. The summed E-state index contributed by atoms with van der Waals surface area (Å²) in [5.41, 5.74) is 0.845. The van der Waals surface area contributed by atoms with Gasteiger partial charge in [0.25, 0.3) is 0 Å². The number of hydrogen-bond donors (Lipinski definition) is 0. The zero-order valence-electron chi connectivity index (χ0n) is 9.62. The van der Waals surface area contributed by atoms with Gasteiger partial charge in [-0.1, -0.05) is 24.6 Å². The van der Waals surface area contributed by atoms with Crippen LogP contribution in [0.3, 0.4) is 0 Å². The van der Waals surface area contributed by atoms with Gasteiger partial charge in [0.15, 0.2) is 0 Å². The fourth-order valence-electron chi connectivity index (χ4n) is 1.61. The molecule has 0 radical (unpaired) electrons. The third kappa shape index (κ3) is 2.89. The molecule has 1 unspecified atom stereocenters. The summed E-state index contributed by atoms with van der Waals surface area (Å²) >= 11 is 6.10. The van der Waals surface area contributed by atoms with Gasteiger partial charge in [0, 0.05) is 10.6 Å². The topological polar surface area (TPSA) is 35.5 Å². The van der Waals surface area contributed by atoms with Crippen LogP contribution in [0.15, 0.2) is 18.2 Å². The molecule has 1 rings (SSSR count). The van der Waals surface area contributed by atoms with Crippen molar-refractivity contribution < 1.29 is 14.3 Å². The summed E-state index contributed by atoms with van der Waals surface area (Å²) in [6.45, 7) is 1.92. The average Bonchev–Trinajstić information content (AvgIpc) is 2.28. The highest BCUT2D eigenvalue weighted by Gasteiger charge is 2.18. The molecule has 0 heterocycles. The number of hydrogen-bond acceptors (Lipinski definition) is 3. The van der Waals surface area contributed by atoms with Crippen molar-refractivity contribution in [1.82, 2.24) is 0 Å². The molecule has 1 aromatic rings. The molecule has 88 valence electrons. The molecule has 3 nitrogen and oxygen atoms in total. The second kappa shape index (κ2) is 5.75. The molecule has 1 aromatic carbocycles. The van der Waals surface area contributed by atoms with Crippen LogP contribution in [0.1, 0.15) is 24.8 Å². The van der Waals surface area contributed by atoms with Crippen LogP contribution >= 0.6 is 11.6 Å². The summed E-state index contributed by atoms with van der Waals surface area (Å²) in [7, 11) is 2.96. The molecule has 0 aliphatic heterocycles. The lowest BCUT2D eigenvalue weighted by Crippen LogP contribution is -2.07. The molecule has 0 aliphatic carbocycles. The summed E-state index contributed by atoms with van der Waals surface area (Å²) in [6, 6.07) is 5.43. The monoisotopic (exact) mass is 242 g/mol. The number of halogens is 1. The molecule has 0 aromatic heterocycles. The molecule has 16 heavy (non-hydrogen) atoms. The minimum absolute atomic E-state index is 0.0314. The smallest absolute Gasteiger partial charge is 0.306 e. The Morgan fingerprint density at radius 3 is 2.69 bits per heavy atom. The zero-order valence-corrected chi connectivity index (χ0v) is 10.4.